The number of amides is 1. The first-order valence-electron chi connectivity index (χ1n) is 7.51. The normalized spacial score (nSPS) is 17.9. The molecule has 1 aliphatic rings. The number of halogens is 1. The molecule has 2 heterocycles. The molecule has 1 saturated heterocycles. The van der Waals surface area contributed by atoms with Crippen molar-refractivity contribution in [2.24, 2.45) is 0 Å². The fourth-order valence-electron chi connectivity index (χ4n) is 2.95. The van der Waals surface area contributed by atoms with Gasteiger partial charge in [-0.05, 0) is 44.2 Å². The highest BCUT2D eigenvalue weighted by Crippen LogP contribution is 2.27. The Morgan fingerprint density at radius 1 is 1.36 bits per heavy atom. The summed E-state index contributed by atoms with van der Waals surface area (Å²) in [6, 6.07) is 9.85. The molecule has 1 amide bonds. The predicted octanol–water partition coefficient (Wildman–Crippen LogP) is 2.91. The van der Waals surface area contributed by atoms with Crippen LogP contribution in [0.25, 0.3) is 11.3 Å². The minimum absolute atomic E-state index is 0.125. The highest BCUT2D eigenvalue weighted by molar-refractivity contribution is 5.92. The summed E-state index contributed by atoms with van der Waals surface area (Å²) < 4.78 is 19.4. The zero-order valence-corrected chi connectivity index (χ0v) is 12.5. The number of carbonyl (C=O) groups excluding carboxylic acids is 1. The Labute approximate surface area is 128 Å². The number of nitrogens with zero attached hydrogens (tertiary/aromatic N) is 1. The van der Waals surface area contributed by atoms with Crippen LogP contribution in [-0.2, 0) is 0 Å². The number of nitrogens with one attached hydrogen (secondary N) is 1. The lowest BCUT2D eigenvalue weighted by Gasteiger charge is -2.23. The van der Waals surface area contributed by atoms with Gasteiger partial charge in [0.25, 0.3) is 5.91 Å². The zero-order chi connectivity index (χ0) is 15.5. The minimum atomic E-state index is -0.356. The van der Waals surface area contributed by atoms with Crippen molar-refractivity contribution in [1.29, 1.82) is 0 Å². The molecule has 1 atom stereocenters. The van der Waals surface area contributed by atoms with Crippen molar-refractivity contribution in [1.82, 2.24) is 10.2 Å². The highest BCUT2D eigenvalue weighted by Gasteiger charge is 2.30. The third-order valence-corrected chi connectivity index (χ3v) is 4.03. The van der Waals surface area contributed by atoms with Crippen molar-refractivity contribution in [3.8, 4) is 11.3 Å². The maximum atomic E-state index is 13.8. The Bertz CT molecular complexity index is 668. The number of likely N-dealkylation sites (N-methyl/N-ethyl adjacent to an activating group) is 1. The molecule has 116 valence electrons. The Hall–Kier alpha value is -2.14. The van der Waals surface area contributed by atoms with Crippen LogP contribution >= 0.6 is 0 Å². The molecule has 1 fully saturated rings. The Kier molecular flexibility index (Phi) is 4.24. The van der Waals surface area contributed by atoms with Gasteiger partial charge in [0.05, 0.1) is 5.56 Å². The van der Waals surface area contributed by atoms with E-state index in [0.29, 0.717) is 11.3 Å². The first-order chi connectivity index (χ1) is 10.7. The van der Waals surface area contributed by atoms with Crippen molar-refractivity contribution < 1.29 is 13.6 Å². The molecule has 1 aromatic carbocycles. The third kappa shape index (κ3) is 2.76. The molecule has 22 heavy (non-hydrogen) atoms. The summed E-state index contributed by atoms with van der Waals surface area (Å²) in [4.78, 5) is 14.4. The van der Waals surface area contributed by atoms with Gasteiger partial charge in [0.15, 0.2) is 5.76 Å². The van der Waals surface area contributed by atoms with Crippen LogP contribution in [0.5, 0.6) is 0 Å². The number of hydrogen-bond acceptors (Lipinski definition) is 3. The molecular formula is C17H19FN2O2. The number of furan rings is 1. The van der Waals surface area contributed by atoms with Gasteiger partial charge in [-0.1, -0.05) is 12.1 Å². The van der Waals surface area contributed by atoms with E-state index in [1.54, 1.807) is 30.3 Å². The van der Waals surface area contributed by atoms with Crippen molar-refractivity contribution in [3.05, 3.63) is 48.0 Å². The van der Waals surface area contributed by atoms with E-state index in [1.165, 1.54) is 6.07 Å². The van der Waals surface area contributed by atoms with Crippen LogP contribution in [0.1, 0.15) is 23.4 Å². The zero-order valence-electron chi connectivity index (χ0n) is 12.5. The predicted molar refractivity (Wildman–Crippen MR) is 82.1 cm³/mol. The van der Waals surface area contributed by atoms with E-state index < -0.39 is 0 Å². The Morgan fingerprint density at radius 3 is 2.95 bits per heavy atom. The van der Waals surface area contributed by atoms with E-state index in [-0.39, 0.29) is 23.5 Å². The third-order valence-electron chi connectivity index (χ3n) is 4.03. The van der Waals surface area contributed by atoms with Crippen LogP contribution in [0.15, 0.2) is 40.8 Å². The SMILES string of the molecule is CNC[C@@H]1CCCN1C(=O)c1ccc(-c2ccccc2F)o1. The van der Waals surface area contributed by atoms with Gasteiger partial charge in [0.1, 0.15) is 11.6 Å². The van der Waals surface area contributed by atoms with Crippen LogP contribution in [-0.4, -0.2) is 37.0 Å². The van der Waals surface area contributed by atoms with Crippen molar-refractivity contribution >= 4 is 5.91 Å². The van der Waals surface area contributed by atoms with E-state index in [2.05, 4.69) is 5.32 Å². The number of carbonyl (C=O) groups is 1. The smallest absolute Gasteiger partial charge is 0.289 e. The van der Waals surface area contributed by atoms with Crippen LogP contribution in [0.2, 0.25) is 0 Å². The molecule has 0 aliphatic carbocycles. The van der Waals surface area contributed by atoms with E-state index in [1.807, 2.05) is 11.9 Å². The number of likely N-dealkylation sites (tertiary alicyclic amines) is 1. The fraction of sp³-hybridized carbons (Fsp3) is 0.353. The average Bonchev–Trinajstić information content (AvgIpc) is 3.17. The second-order valence-electron chi connectivity index (χ2n) is 5.50. The Balaban J connectivity index is 1.82. The summed E-state index contributed by atoms with van der Waals surface area (Å²) in [6.07, 6.45) is 1.99. The monoisotopic (exact) mass is 302 g/mol. The van der Waals surface area contributed by atoms with Gasteiger partial charge in [-0.3, -0.25) is 4.79 Å². The molecule has 1 aliphatic heterocycles. The van der Waals surface area contributed by atoms with Crippen molar-refractivity contribution in [2.75, 3.05) is 20.1 Å². The summed E-state index contributed by atoms with van der Waals surface area (Å²) in [6.45, 7) is 1.51. The molecule has 0 radical (unpaired) electrons. The molecule has 1 aromatic heterocycles. The van der Waals surface area contributed by atoms with Gasteiger partial charge in [-0.2, -0.15) is 0 Å². The number of rotatable bonds is 4. The lowest BCUT2D eigenvalue weighted by Crippen LogP contribution is -2.40. The lowest BCUT2D eigenvalue weighted by atomic mass is 10.1. The first-order valence-corrected chi connectivity index (χ1v) is 7.51. The molecule has 0 saturated carbocycles. The summed E-state index contributed by atoms with van der Waals surface area (Å²) in [5.41, 5.74) is 0.370. The van der Waals surface area contributed by atoms with E-state index in [4.69, 9.17) is 4.42 Å². The molecule has 4 nitrogen and oxygen atoms in total. The number of benzene rings is 1. The van der Waals surface area contributed by atoms with Crippen molar-refractivity contribution in [2.45, 2.75) is 18.9 Å². The quantitative estimate of drug-likeness (QED) is 0.944. The van der Waals surface area contributed by atoms with Gasteiger partial charge in [-0.25, -0.2) is 4.39 Å². The fourth-order valence-corrected chi connectivity index (χ4v) is 2.95. The standard InChI is InChI=1S/C17H19FN2O2/c1-19-11-12-5-4-10-20(12)17(21)16-9-8-15(22-16)13-6-2-3-7-14(13)18/h2-3,6-9,12,19H,4-5,10-11H2,1H3/t12-/m0/s1. The second kappa shape index (κ2) is 6.32. The second-order valence-corrected chi connectivity index (χ2v) is 5.50. The molecule has 5 heteroatoms. The van der Waals surface area contributed by atoms with E-state index in [9.17, 15) is 9.18 Å². The van der Waals surface area contributed by atoms with Gasteiger partial charge in [0, 0.05) is 19.1 Å². The first kappa shape index (κ1) is 14.8. The van der Waals surface area contributed by atoms with E-state index in [0.717, 1.165) is 25.9 Å². The van der Waals surface area contributed by atoms with Gasteiger partial charge in [-0.15, -0.1) is 0 Å². The van der Waals surface area contributed by atoms with E-state index >= 15 is 0 Å². The summed E-state index contributed by atoms with van der Waals surface area (Å²) in [5, 5.41) is 3.11. The highest BCUT2D eigenvalue weighted by atomic mass is 19.1. The number of hydrogen-bond donors (Lipinski definition) is 1. The molecule has 2 aromatic rings. The van der Waals surface area contributed by atoms with Gasteiger partial charge >= 0.3 is 0 Å². The van der Waals surface area contributed by atoms with Gasteiger partial charge in [0.2, 0.25) is 0 Å². The summed E-state index contributed by atoms with van der Waals surface area (Å²) in [5.74, 6) is 0.164. The summed E-state index contributed by atoms with van der Waals surface area (Å²) >= 11 is 0. The molecule has 1 N–H and O–H groups in total. The Morgan fingerprint density at radius 2 is 2.18 bits per heavy atom. The maximum absolute atomic E-state index is 13.8. The van der Waals surface area contributed by atoms with Crippen LogP contribution in [0.3, 0.4) is 0 Å². The van der Waals surface area contributed by atoms with Crippen LogP contribution < -0.4 is 5.32 Å². The lowest BCUT2D eigenvalue weighted by molar-refractivity contribution is 0.0705. The summed E-state index contributed by atoms with van der Waals surface area (Å²) in [7, 11) is 1.88. The molecule has 0 spiro atoms. The topological polar surface area (TPSA) is 45.5 Å². The average molecular weight is 302 g/mol. The van der Waals surface area contributed by atoms with Crippen LogP contribution in [0, 0.1) is 5.82 Å². The molecule has 0 unspecified atom stereocenters. The maximum Gasteiger partial charge on any atom is 0.289 e. The molecular weight excluding hydrogens is 283 g/mol. The molecule has 0 bridgehead atoms. The van der Waals surface area contributed by atoms with Crippen LogP contribution in [0.4, 0.5) is 4.39 Å². The van der Waals surface area contributed by atoms with Gasteiger partial charge < -0.3 is 14.6 Å². The minimum Gasteiger partial charge on any atom is -0.451 e. The molecule has 3 rings (SSSR count). The van der Waals surface area contributed by atoms with Crippen molar-refractivity contribution in [3.63, 3.8) is 0 Å². The largest absolute Gasteiger partial charge is 0.451 e.